The van der Waals surface area contributed by atoms with E-state index in [0.717, 1.165) is 27.2 Å². The normalized spacial score (nSPS) is 25.6. The van der Waals surface area contributed by atoms with Gasteiger partial charge in [0.15, 0.2) is 4.34 Å². The summed E-state index contributed by atoms with van der Waals surface area (Å²) in [4.78, 5) is 34.8. The number of thioether (sulfide) groups is 1. The molecule has 14 heteroatoms. The molecule has 0 aliphatic carbocycles. The molecule has 1 unspecified atom stereocenters. The number of β-lactam (4-membered cyclic amide) rings is 1. The summed E-state index contributed by atoms with van der Waals surface area (Å²) in [5.74, 6) is -3.84. The van der Waals surface area contributed by atoms with Crippen molar-refractivity contribution in [2.45, 2.75) is 35.9 Å². The van der Waals surface area contributed by atoms with Gasteiger partial charge < -0.3 is 15.5 Å². The van der Waals surface area contributed by atoms with Crippen LogP contribution in [0.15, 0.2) is 14.9 Å². The maximum atomic E-state index is 12.1. The number of rotatable bonds is 3. The number of carboxylic acids is 2. The van der Waals surface area contributed by atoms with E-state index in [1.807, 2.05) is 6.92 Å². The number of carboxylic acid groups (broad SMARTS) is 2. The number of piperidine rings is 1. The molecule has 0 saturated carbocycles. The molecule has 28 heavy (non-hydrogen) atoms. The number of halogens is 3. The van der Waals surface area contributed by atoms with Gasteiger partial charge in [-0.3, -0.25) is 9.69 Å². The van der Waals surface area contributed by atoms with Gasteiger partial charge in [-0.25, -0.2) is 9.59 Å². The molecule has 9 nitrogen and oxygen atoms in total. The summed E-state index contributed by atoms with van der Waals surface area (Å²) in [7, 11) is 0. The van der Waals surface area contributed by atoms with Gasteiger partial charge in [-0.05, 0) is 19.9 Å². The Hall–Kier alpha value is -2.19. The summed E-state index contributed by atoms with van der Waals surface area (Å²) in [6.07, 6.45) is -4.25. The Labute approximate surface area is 163 Å². The van der Waals surface area contributed by atoms with E-state index >= 15 is 0 Å². The first kappa shape index (κ1) is 20.5. The molecule has 152 valence electrons. The second-order valence-electron chi connectivity index (χ2n) is 6.04. The van der Waals surface area contributed by atoms with Crippen LogP contribution in [-0.2, 0) is 14.4 Å². The zero-order chi connectivity index (χ0) is 20.8. The Morgan fingerprint density at radius 1 is 1.32 bits per heavy atom. The molecule has 4 heterocycles. The average Bonchev–Trinajstić information content (AvgIpc) is 3.15. The number of amides is 1. The molecule has 1 aromatic heterocycles. The zero-order valence-electron chi connectivity index (χ0n) is 14.1. The highest BCUT2D eigenvalue weighted by Gasteiger charge is 2.61. The van der Waals surface area contributed by atoms with Gasteiger partial charge in [0.05, 0.1) is 6.04 Å². The number of carbonyl (C=O) groups excluding carboxylic acids is 1. The van der Waals surface area contributed by atoms with E-state index in [0.29, 0.717) is 0 Å². The Bertz CT molecular complexity index is 871. The number of hydrogen-bond acceptors (Lipinski definition) is 8. The van der Waals surface area contributed by atoms with E-state index in [1.54, 1.807) is 0 Å². The van der Waals surface area contributed by atoms with Crippen LogP contribution in [0.2, 0.25) is 0 Å². The SMILES string of the molecule is Cc1nnc(SC2=C(C(=O)O)N3C(=O)[C@H]4NCCC2[C@H]43)s1.O=C(O)C(F)(F)F. The molecule has 1 aromatic rings. The minimum atomic E-state index is -5.08. The molecule has 3 aliphatic rings. The van der Waals surface area contributed by atoms with Crippen LogP contribution < -0.4 is 5.32 Å². The highest BCUT2D eigenvalue weighted by Crippen LogP contribution is 2.51. The van der Waals surface area contributed by atoms with Crippen LogP contribution >= 0.6 is 23.1 Å². The number of aromatic nitrogens is 2. The maximum Gasteiger partial charge on any atom is 0.490 e. The first-order valence-electron chi connectivity index (χ1n) is 7.84. The second-order valence-corrected chi connectivity index (χ2v) is 8.51. The van der Waals surface area contributed by atoms with Crippen molar-refractivity contribution in [3.8, 4) is 0 Å². The molecule has 0 radical (unpaired) electrons. The van der Waals surface area contributed by atoms with Crippen molar-refractivity contribution in [1.29, 1.82) is 0 Å². The predicted octanol–water partition coefficient (Wildman–Crippen LogP) is 1.07. The molecule has 0 bridgehead atoms. The fourth-order valence-electron chi connectivity index (χ4n) is 3.28. The van der Waals surface area contributed by atoms with Gasteiger partial charge in [0.1, 0.15) is 16.7 Å². The average molecular weight is 438 g/mol. The van der Waals surface area contributed by atoms with Crippen LogP contribution in [0.4, 0.5) is 13.2 Å². The first-order valence-corrected chi connectivity index (χ1v) is 9.47. The lowest BCUT2D eigenvalue weighted by Gasteiger charge is -2.48. The molecule has 3 atom stereocenters. The number of nitrogens with zero attached hydrogens (tertiary/aromatic N) is 3. The van der Waals surface area contributed by atoms with E-state index in [4.69, 9.17) is 9.90 Å². The van der Waals surface area contributed by atoms with Crippen LogP contribution in [0.3, 0.4) is 0 Å². The Morgan fingerprint density at radius 3 is 2.46 bits per heavy atom. The molecular formula is C14H13F3N4O5S2. The summed E-state index contributed by atoms with van der Waals surface area (Å²) >= 11 is 2.79. The lowest BCUT2D eigenvalue weighted by atomic mass is 9.82. The topological polar surface area (TPSA) is 133 Å². The Kier molecular flexibility index (Phi) is 5.38. The Balaban J connectivity index is 0.000000279. The van der Waals surface area contributed by atoms with E-state index in [1.165, 1.54) is 28.0 Å². The van der Waals surface area contributed by atoms with Gasteiger partial charge in [-0.2, -0.15) is 13.2 Å². The Morgan fingerprint density at radius 2 is 1.96 bits per heavy atom. The van der Waals surface area contributed by atoms with Crippen molar-refractivity contribution in [1.82, 2.24) is 20.4 Å². The standard InChI is InChI=1S/C12H12N4O3S2.C2HF3O2/c1-4-14-15-12(20-4)21-9-5-2-3-13-6-7(5)16(10(6)17)8(9)11(18)19;3-2(4,5)1(6)7/h5-7,13H,2-3H2,1H3,(H,18,19);(H,6,7)/t5?,6-,7+;/m0./s1. The molecule has 0 spiro atoms. The molecule has 3 aliphatic heterocycles. The van der Waals surface area contributed by atoms with Crippen LogP contribution in [0, 0.1) is 12.8 Å². The van der Waals surface area contributed by atoms with E-state index in [-0.39, 0.29) is 29.6 Å². The minimum Gasteiger partial charge on any atom is -0.477 e. The third kappa shape index (κ3) is 3.58. The summed E-state index contributed by atoms with van der Waals surface area (Å²) < 4.78 is 32.5. The smallest absolute Gasteiger partial charge is 0.477 e. The van der Waals surface area contributed by atoms with E-state index in [2.05, 4.69) is 15.5 Å². The zero-order valence-corrected chi connectivity index (χ0v) is 15.7. The van der Waals surface area contributed by atoms with Crippen LogP contribution in [0.1, 0.15) is 11.4 Å². The number of aryl methyl sites for hydroxylation is 1. The summed E-state index contributed by atoms with van der Waals surface area (Å²) in [5, 5.41) is 28.7. The van der Waals surface area contributed by atoms with Gasteiger partial charge in [0.25, 0.3) is 0 Å². The van der Waals surface area contributed by atoms with Gasteiger partial charge in [-0.1, -0.05) is 23.1 Å². The summed E-state index contributed by atoms with van der Waals surface area (Å²) in [6, 6.07) is -0.277. The van der Waals surface area contributed by atoms with Crippen molar-refractivity contribution in [3.63, 3.8) is 0 Å². The van der Waals surface area contributed by atoms with Crippen molar-refractivity contribution < 1.29 is 37.8 Å². The monoisotopic (exact) mass is 438 g/mol. The lowest BCUT2D eigenvalue weighted by Crippen LogP contribution is -2.71. The first-order chi connectivity index (χ1) is 13.0. The highest BCUT2D eigenvalue weighted by atomic mass is 32.2. The van der Waals surface area contributed by atoms with Crippen molar-refractivity contribution in [2.24, 2.45) is 5.92 Å². The van der Waals surface area contributed by atoms with Gasteiger partial charge >= 0.3 is 18.1 Å². The predicted molar refractivity (Wildman–Crippen MR) is 89.4 cm³/mol. The molecular weight excluding hydrogens is 425 g/mol. The van der Waals surface area contributed by atoms with Gasteiger partial charge in [0.2, 0.25) is 5.91 Å². The van der Waals surface area contributed by atoms with Crippen LogP contribution in [0.25, 0.3) is 0 Å². The number of alkyl halides is 3. The highest BCUT2D eigenvalue weighted by molar-refractivity contribution is 8.04. The van der Waals surface area contributed by atoms with Crippen LogP contribution in [-0.4, -0.2) is 68.0 Å². The number of hydrogen-bond donors (Lipinski definition) is 3. The molecule has 1 amide bonds. The number of nitrogens with one attached hydrogen (secondary N) is 1. The third-order valence-corrected chi connectivity index (χ3v) is 6.44. The van der Waals surface area contributed by atoms with Crippen LogP contribution in [0.5, 0.6) is 0 Å². The molecule has 2 fully saturated rings. The molecule has 2 saturated heterocycles. The van der Waals surface area contributed by atoms with Crippen molar-refractivity contribution >= 4 is 40.9 Å². The lowest BCUT2D eigenvalue weighted by molar-refractivity contribution is -0.192. The van der Waals surface area contributed by atoms with Crippen molar-refractivity contribution in [3.05, 3.63) is 15.6 Å². The fourth-order valence-corrected chi connectivity index (χ4v) is 5.46. The molecule has 3 N–H and O–H groups in total. The van der Waals surface area contributed by atoms with E-state index < -0.39 is 18.1 Å². The fraction of sp³-hybridized carbons (Fsp3) is 0.500. The van der Waals surface area contributed by atoms with E-state index in [9.17, 15) is 27.9 Å². The van der Waals surface area contributed by atoms with Crippen molar-refractivity contribution in [2.75, 3.05) is 6.54 Å². The summed E-state index contributed by atoms with van der Waals surface area (Å²) in [6.45, 7) is 2.59. The molecule has 0 aromatic carbocycles. The summed E-state index contributed by atoms with van der Waals surface area (Å²) in [5.41, 5.74) is 0.132. The number of carbonyl (C=O) groups is 3. The largest absolute Gasteiger partial charge is 0.490 e. The third-order valence-electron chi connectivity index (χ3n) is 4.34. The van der Waals surface area contributed by atoms with Gasteiger partial charge in [0, 0.05) is 10.8 Å². The minimum absolute atomic E-state index is 0.0473. The molecule has 4 rings (SSSR count). The van der Waals surface area contributed by atoms with Gasteiger partial charge in [-0.15, -0.1) is 10.2 Å². The maximum absolute atomic E-state index is 12.1. The second kappa shape index (κ2) is 7.33. The number of aliphatic carboxylic acids is 2. The quantitative estimate of drug-likeness (QED) is 0.593.